The molecule has 1 aliphatic rings. The van der Waals surface area contributed by atoms with Crippen molar-refractivity contribution in [1.29, 1.82) is 0 Å². The average Bonchev–Trinajstić information content (AvgIpc) is 2.74. The van der Waals surface area contributed by atoms with Crippen molar-refractivity contribution in [3.8, 4) is 0 Å². The Morgan fingerprint density at radius 2 is 1.71 bits per heavy atom. The summed E-state index contributed by atoms with van der Waals surface area (Å²) in [7, 11) is 1.99. The number of morpholine rings is 1. The number of rotatable bonds is 6. The summed E-state index contributed by atoms with van der Waals surface area (Å²) in [6.45, 7) is 7.59. The summed E-state index contributed by atoms with van der Waals surface area (Å²) in [6.07, 6.45) is 0. The van der Waals surface area contributed by atoms with Crippen molar-refractivity contribution in [2.24, 2.45) is 4.99 Å². The van der Waals surface area contributed by atoms with Gasteiger partial charge in [-0.2, -0.15) is 0 Å². The van der Waals surface area contributed by atoms with Crippen LogP contribution in [0.15, 0.2) is 53.5 Å². The molecular formula is C22H29FN4O. The number of nitrogens with one attached hydrogen (secondary N) is 1. The maximum absolute atomic E-state index is 13.1. The van der Waals surface area contributed by atoms with E-state index < -0.39 is 0 Å². The highest BCUT2D eigenvalue weighted by atomic mass is 19.1. The minimum atomic E-state index is -0.215. The molecule has 1 N–H and O–H groups in total. The lowest BCUT2D eigenvalue weighted by Gasteiger charge is -2.28. The fourth-order valence-electron chi connectivity index (χ4n) is 3.21. The van der Waals surface area contributed by atoms with Crippen LogP contribution >= 0.6 is 0 Å². The number of nitrogens with zero attached hydrogens (tertiary/aromatic N) is 3. The van der Waals surface area contributed by atoms with E-state index in [9.17, 15) is 4.39 Å². The number of hydrogen-bond acceptors (Lipinski definition) is 3. The first kappa shape index (κ1) is 20.1. The predicted molar refractivity (Wildman–Crippen MR) is 112 cm³/mol. The van der Waals surface area contributed by atoms with E-state index in [0.717, 1.165) is 44.4 Å². The third-order valence-electron chi connectivity index (χ3n) is 4.75. The molecule has 1 aliphatic heterocycles. The molecule has 0 aliphatic carbocycles. The standard InChI is InChI=1S/C22H29FN4O/c1-3-24-22(26(2)17-19-4-8-20(23)9-5-19)25-16-18-6-10-21(11-7-18)27-12-14-28-15-13-27/h4-11H,3,12-17H2,1-2H3,(H,24,25). The zero-order chi connectivity index (χ0) is 19.8. The normalized spacial score (nSPS) is 14.8. The van der Waals surface area contributed by atoms with Crippen LogP contribution in [0.2, 0.25) is 0 Å². The second-order valence-electron chi connectivity index (χ2n) is 6.92. The SMILES string of the molecule is CCNC(=NCc1ccc(N2CCOCC2)cc1)N(C)Cc1ccc(F)cc1. The molecule has 1 heterocycles. The van der Waals surface area contributed by atoms with Gasteiger partial charge in [-0.05, 0) is 42.3 Å². The Kier molecular flexibility index (Phi) is 7.25. The van der Waals surface area contributed by atoms with Gasteiger partial charge in [0.2, 0.25) is 0 Å². The van der Waals surface area contributed by atoms with E-state index in [2.05, 4.69) is 46.3 Å². The molecule has 0 bridgehead atoms. The lowest BCUT2D eigenvalue weighted by molar-refractivity contribution is 0.122. The molecule has 2 aromatic rings. The summed E-state index contributed by atoms with van der Waals surface area (Å²) in [5.41, 5.74) is 3.45. The molecule has 0 amide bonds. The Labute approximate surface area is 166 Å². The van der Waals surface area contributed by atoms with E-state index in [1.165, 1.54) is 23.4 Å². The Morgan fingerprint density at radius 3 is 2.36 bits per heavy atom. The Bertz CT molecular complexity index is 755. The van der Waals surface area contributed by atoms with Gasteiger partial charge in [0.05, 0.1) is 19.8 Å². The van der Waals surface area contributed by atoms with E-state index >= 15 is 0 Å². The second-order valence-corrected chi connectivity index (χ2v) is 6.92. The third kappa shape index (κ3) is 5.70. The number of hydrogen-bond donors (Lipinski definition) is 1. The number of halogens is 1. The molecule has 6 heteroatoms. The van der Waals surface area contributed by atoms with Crippen LogP contribution in [-0.4, -0.2) is 50.8 Å². The highest BCUT2D eigenvalue weighted by Gasteiger charge is 2.11. The molecule has 3 rings (SSSR count). The number of benzene rings is 2. The van der Waals surface area contributed by atoms with Crippen molar-refractivity contribution in [2.45, 2.75) is 20.0 Å². The van der Waals surface area contributed by atoms with E-state index in [0.29, 0.717) is 13.1 Å². The van der Waals surface area contributed by atoms with Crippen LogP contribution in [0, 0.1) is 5.82 Å². The van der Waals surface area contributed by atoms with Crippen molar-refractivity contribution < 1.29 is 9.13 Å². The van der Waals surface area contributed by atoms with Gasteiger partial charge >= 0.3 is 0 Å². The monoisotopic (exact) mass is 384 g/mol. The first-order chi connectivity index (χ1) is 13.7. The first-order valence-corrected chi connectivity index (χ1v) is 9.81. The van der Waals surface area contributed by atoms with Crippen LogP contribution in [0.25, 0.3) is 0 Å². The lowest BCUT2D eigenvalue weighted by atomic mass is 10.2. The largest absolute Gasteiger partial charge is 0.378 e. The van der Waals surface area contributed by atoms with Gasteiger partial charge in [0.25, 0.3) is 0 Å². The number of anilines is 1. The highest BCUT2D eigenvalue weighted by molar-refractivity contribution is 5.79. The second kappa shape index (κ2) is 10.1. The fourth-order valence-corrected chi connectivity index (χ4v) is 3.21. The van der Waals surface area contributed by atoms with Gasteiger partial charge in [-0.25, -0.2) is 9.38 Å². The molecule has 0 aromatic heterocycles. The van der Waals surface area contributed by atoms with Gasteiger partial charge in [-0.1, -0.05) is 24.3 Å². The summed E-state index contributed by atoms with van der Waals surface area (Å²) in [5.74, 6) is 0.622. The molecule has 1 saturated heterocycles. The van der Waals surface area contributed by atoms with Crippen LogP contribution in [0.3, 0.4) is 0 Å². The summed E-state index contributed by atoms with van der Waals surface area (Å²) >= 11 is 0. The quantitative estimate of drug-likeness (QED) is 0.613. The van der Waals surface area contributed by atoms with Crippen molar-refractivity contribution in [1.82, 2.24) is 10.2 Å². The summed E-state index contributed by atoms with van der Waals surface area (Å²) in [6, 6.07) is 15.2. The molecule has 0 radical (unpaired) electrons. The molecule has 5 nitrogen and oxygen atoms in total. The predicted octanol–water partition coefficient (Wildman–Crippen LogP) is 3.26. The zero-order valence-electron chi connectivity index (χ0n) is 16.7. The first-order valence-electron chi connectivity index (χ1n) is 9.81. The molecule has 0 atom stereocenters. The zero-order valence-corrected chi connectivity index (χ0v) is 16.7. The number of aliphatic imine (C=N–C) groups is 1. The van der Waals surface area contributed by atoms with Gasteiger partial charge < -0.3 is 19.9 Å². The summed E-state index contributed by atoms with van der Waals surface area (Å²) in [4.78, 5) is 9.16. The molecular weight excluding hydrogens is 355 g/mol. The average molecular weight is 384 g/mol. The molecule has 2 aromatic carbocycles. The number of ether oxygens (including phenoxy) is 1. The molecule has 150 valence electrons. The van der Waals surface area contributed by atoms with Crippen molar-refractivity contribution in [3.63, 3.8) is 0 Å². The maximum atomic E-state index is 13.1. The molecule has 28 heavy (non-hydrogen) atoms. The maximum Gasteiger partial charge on any atom is 0.194 e. The Morgan fingerprint density at radius 1 is 1.07 bits per heavy atom. The molecule has 0 unspecified atom stereocenters. The van der Waals surface area contributed by atoms with Gasteiger partial charge in [0.15, 0.2) is 5.96 Å². The van der Waals surface area contributed by atoms with Crippen LogP contribution in [0.5, 0.6) is 0 Å². The lowest BCUT2D eigenvalue weighted by Crippen LogP contribution is -2.38. The van der Waals surface area contributed by atoms with E-state index in [-0.39, 0.29) is 5.82 Å². The van der Waals surface area contributed by atoms with E-state index in [1.807, 2.05) is 7.05 Å². The van der Waals surface area contributed by atoms with Gasteiger partial charge in [-0.15, -0.1) is 0 Å². The minimum absolute atomic E-state index is 0.215. The van der Waals surface area contributed by atoms with Gasteiger partial charge in [0, 0.05) is 38.9 Å². The Hall–Kier alpha value is -2.60. The molecule has 0 spiro atoms. The van der Waals surface area contributed by atoms with Crippen LogP contribution in [-0.2, 0) is 17.8 Å². The topological polar surface area (TPSA) is 40.1 Å². The van der Waals surface area contributed by atoms with Crippen LogP contribution < -0.4 is 10.2 Å². The van der Waals surface area contributed by atoms with Gasteiger partial charge in [0.1, 0.15) is 5.82 Å². The Balaban J connectivity index is 1.62. The van der Waals surface area contributed by atoms with E-state index in [1.54, 1.807) is 12.1 Å². The van der Waals surface area contributed by atoms with E-state index in [4.69, 9.17) is 9.73 Å². The molecule has 0 saturated carbocycles. The summed E-state index contributed by atoms with van der Waals surface area (Å²) in [5, 5.41) is 3.33. The number of guanidine groups is 1. The summed E-state index contributed by atoms with van der Waals surface area (Å²) < 4.78 is 18.5. The molecule has 1 fully saturated rings. The third-order valence-corrected chi connectivity index (χ3v) is 4.75. The smallest absolute Gasteiger partial charge is 0.194 e. The van der Waals surface area contributed by atoms with Crippen molar-refractivity contribution >= 4 is 11.6 Å². The fraction of sp³-hybridized carbons (Fsp3) is 0.409. The highest BCUT2D eigenvalue weighted by Crippen LogP contribution is 2.17. The van der Waals surface area contributed by atoms with Gasteiger partial charge in [-0.3, -0.25) is 0 Å². The minimum Gasteiger partial charge on any atom is -0.378 e. The van der Waals surface area contributed by atoms with Crippen LogP contribution in [0.4, 0.5) is 10.1 Å². The van der Waals surface area contributed by atoms with Crippen LogP contribution in [0.1, 0.15) is 18.1 Å². The van der Waals surface area contributed by atoms with Crippen molar-refractivity contribution in [3.05, 3.63) is 65.5 Å². The van der Waals surface area contributed by atoms with Crippen molar-refractivity contribution in [2.75, 3.05) is 44.8 Å².